The normalized spacial score (nSPS) is 16.8. The fraction of sp³-hybridized carbons (Fsp3) is 0.333. The van der Waals surface area contributed by atoms with Crippen LogP contribution in [0, 0.1) is 6.92 Å². The molecule has 1 aromatic carbocycles. The number of para-hydroxylation sites is 1. The molecule has 28 heavy (non-hydrogen) atoms. The van der Waals surface area contributed by atoms with E-state index in [2.05, 4.69) is 15.1 Å². The van der Waals surface area contributed by atoms with E-state index in [0.717, 1.165) is 36.4 Å². The zero-order valence-electron chi connectivity index (χ0n) is 16.1. The Morgan fingerprint density at radius 2 is 2.00 bits per heavy atom. The number of aromatic nitrogens is 4. The fourth-order valence-electron chi connectivity index (χ4n) is 3.55. The Hall–Kier alpha value is -3.22. The predicted octanol–water partition coefficient (Wildman–Crippen LogP) is 3.33. The molecule has 4 rings (SSSR count). The van der Waals surface area contributed by atoms with Crippen molar-refractivity contribution >= 4 is 5.91 Å². The number of carbonyl (C=O) groups excluding carboxylic acids is 1. The van der Waals surface area contributed by atoms with Crippen molar-refractivity contribution in [2.45, 2.75) is 25.7 Å². The first-order chi connectivity index (χ1) is 13.6. The largest absolute Gasteiger partial charge is 0.437 e. The van der Waals surface area contributed by atoms with E-state index in [1.54, 1.807) is 29.3 Å². The van der Waals surface area contributed by atoms with Crippen LogP contribution in [0.15, 0.2) is 48.9 Å². The third-order valence-corrected chi connectivity index (χ3v) is 5.02. The second-order valence-corrected chi connectivity index (χ2v) is 7.08. The SMILES string of the molecule is Cc1ccccc1Oc1nccnc1[C@H]1CCCN(C(=O)c2ccn(C)n2)C1. The number of ether oxygens (including phenoxy) is 1. The van der Waals surface area contributed by atoms with Crippen molar-refractivity contribution in [2.24, 2.45) is 7.05 Å². The summed E-state index contributed by atoms with van der Waals surface area (Å²) in [7, 11) is 1.81. The molecule has 1 aliphatic heterocycles. The number of benzene rings is 1. The highest BCUT2D eigenvalue weighted by molar-refractivity contribution is 5.92. The molecule has 1 atom stereocenters. The topological polar surface area (TPSA) is 73.1 Å². The zero-order chi connectivity index (χ0) is 19.5. The van der Waals surface area contributed by atoms with Gasteiger partial charge in [0.15, 0.2) is 0 Å². The average molecular weight is 377 g/mol. The van der Waals surface area contributed by atoms with Crippen molar-refractivity contribution in [3.8, 4) is 11.6 Å². The zero-order valence-corrected chi connectivity index (χ0v) is 16.1. The van der Waals surface area contributed by atoms with Crippen molar-refractivity contribution < 1.29 is 9.53 Å². The molecule has 1 fully saturated rings. The fourth-order valence-corrected chi connectivity index (χ4v) is 3.55. The average Bonchev–Trinajstić information content (AvgIpc) is 3.16. The van der Waals surface area contributed by atoms with Gasteiger partial charge in [-0.05, 0) is 37.5 Å². The lowest BCUT2D eigenvalue weighted by Gasteiger charge is -2.32. The van der Waals surface area contributed by atoms with Gasteiger partial charge in [0.05, 0.1) is 0 Å². The Morgan fingerprint density at radius 3 is 2.79 bits per heavy atom. The van der Waals surface area contributed by atoms with Crippen molar-refractivity contribution in [3.63, 3.8) is 0 Å². The van der Waals surface area contributed by atoms with Gasteiger partial charge in [0.25, 0.3) is 5.91 Å². The van der Waals surface area contributed by atoms with Gasteiger partial charge < -0.3 is 9.64 Å². The van der Waals surface area contributed by atoms with E-state index in [4.69, 9.17) is 4.74 Å². The Bertz CT molecular complexity index is 984. The summed E-state index contributed by atoms with van der Waals surface area (Å²) in [6.07, 6.45) is 6.94. The van der Waals surface area contributed by atoms with Crippen LogP contribution < -0.4 is 4.74 Å². The van der Waals surface area contributed by atoms with Gasteiger partial charge in [-0.2, -0.15) is 5.10 Å². The first kappa shape index (κ1) is 18.2. The van der Waals surface area contributed by atoms with E-state index < -0.39 is 0 Å². The van der Waals surface area contributed by atoms with Crippen LogP contribution in [0.25, 0.3) is 0 Å². The van der Waals surface area contributed by atoms with Gasteiger partial charge in [0, 0.05) is 44.6 Å². The molecule has 0 N–H and O–H groups in total. The molecule has 7 heteroatoms. The minimum Gasteiger partial charge on any atom is -0.437 e. The number of nitrogens with zero attached hydrogens (tertiary/aromatic N) is 5. The molecule has 0 spiro atoms. The molecular formula is C21H23N5O2. The van der Waals surface area contributed by atoms with Gasteiger partial charge in [-0.1, -0.05) is 18.2 Å². The monoisotopic (exact) mass is 377 g/mol. The molecule has 2 aromatic heterocycles. The van der Waals surface area contributed by atoms with Crippen LogP contribution in [0.2, 0.25) is 0 Å². The van der Waals surface area contributed by atoms with Gasteiger partial charge in [-0.3, -0.25) is 14.5 Å². The van der Waals surface area contributed by atoms with E-state index in [1.807, 2.05) is 43.1 Å². The summed E-state index contributed by atoms with van der Waals surface area (Å²) in [5.74, 6) is 1.31. The lowest BCUT2D eigenvalue weighted by molar-refractivity contribution is 0.0698. The predicted molar refractivity (Wildman–Crippen MR) is 104 cm³/mol. The van der Waals surface area contributed by atoms with E-state index in [-0.39, 0.29) is 11.8 Å². The lowest BCUT2D eigenvalue weighted by Crippen LogP contribution is -2.39. The highest BCUT2D eigenvalue weighted by Crippen LogP contribution is 2.33. The van der Waals surface area contributed by atoms with Crippen molar-refractivity contribution in [1.82, 2.24) is 24.6 Å². The van der Waals surface area contributed by atoms with Gasteiger partial charge in [-0.25, -0.2) is 4.98 Å². The maximum absolute atomic E-state index is 12.8. The Kier molecular flexibility index (Phi) is 5.06. The maximum atomic E-state index is 12.8. The van der Waals surface area contributed by atoms with Crippen molar-refractivity contribution in [2.75, 3.05) is 13.1 Å². The molecule has 1 aliphatic rings. The molecule has 3 aromatic rings. The van der Waals surface area contributed by atoms with Crippen LogP contribution in [-0.2, 0) is 7.05 Å². The Morgan fingerprint density at radius 1 is 1.18 bits per heavy atom. The molecule has 144 valence electrons. The van der Waals surface area contributed by atoms with E-state index in [0.29, 0.717) is 18.1 Å². The summed E-state index contributed by atoms with van der Waals surface area (Å²) in [6, 6.07) is 9.58. The maximum Gasteiger partial charge on any atom is 0.274 e. The molecule has 3 heterocycles. The molecule has 0 bridgehead atoms. The second kappa shape index (κ2) is 7.80. The molecule has 0 unspecified atom stereocenters. The molecule has 1 amide bonds. The summed E-state index contributed by atoms with van der Waals surface area (Å²) in [5, 5.41) is 4.24. The molecule has 7 nitrogen and oxygen atoms in total. The number of amides is 1. The van der Waals surface area contributed by atoms with Gasteiger partial charge in [-0.15, -0.1) is 0 Å². The third-order valence-electron chi connectivity index (χ3n) is 5.02. The summed E-state index contributed by atoms with van der Waals surface area (Å²) < 4.78 is 7.73. The van der Waals surface area contributed by atoms with Crippen LogP contribution in [0.1, 0.15) is 40.5 Å². The standard InChI is InChI=1S/C21H23N5O2/c1-15-6-3-4-8-18(15)28-20-19(22-10-11-23-20)16-7-5-12-26(14-16)21(27)17-9-13-25(2)24-17/h3-4,6,8-11,13,16H,5,7,12,14H2,1-2H3/t16-/m0/s1. The number of hydrogen-bond acceptors (Lipinski definition) is 5. The number of likely N-dealkylation sites (tertiary alicyclic amines) is 1. The van der Waals surface area contributed by atoms with Crippen LogP contribution in [0.5, 0.6) is 11.6 Å². The van der Waals surface area contributed by atoms with Crippen LogP contribution in [-0.4, -0.2) is 43.6 Å². The number of aryl methyl sites for hydroxylation is 2. The van der Waals surface area contributed by atoms with Gasteiger partial charge in [0.1, 0.15) is 17.1 Å². The Balaban J connectivity index is 1.55. The summed E-state index contributed by atoms with van der Waals surface area (Å²) >= 11 is 0. The molecule has 1 saturated heterocycles. The summed E-state index contributed by atoms with van der Waals surface area (Å²) in [6.45, 7) is 3.30. The minimum absolute atomic E-state index is 0.0458. The number of piperidine rings is 1. The highest BCUT2D eigenvalue weighted by Gasteiger charge is 2.29. The van der Waals surface area contributed by atoms with Crippen LogP contribution in [0.3, 0.4) is 0 Å². The molecule has 0 aliphatic carbocycles. The third kappa shape index (κ3) is 3.74. The molecular weight excluding hydrogens is 354 g/mol. The van der Waals surface area contributed by atoms with E-state index >= 15 is 0 Å². The van der Waals surface area contributed by atoms with E-state index in [1.165, 1.54) is 0 Å². The highest BCUT2D eigenvalue weighted by atomic mass is 16.5. The van der Waals surface area contributed by atoms with Crippen molar-refractivity contribution in [3.05, 3.63) is 65.9 Å². The lowest BCUT2D eigenvalue weighted by atomic mass is 9.94. The summed E-state index contributed by atoms with van der Waals surface area (Å²) in [5.41, 5.74) is 2.30. The van der Waals surface area contributed by atoms with Crippen molar-refractivity contribution in [1.29, 1.82) is 0 Å². The molecule has 0 saturated carbocycles. The van der Waals surface area contributed by atoms with Gasteiger partial charge in [0.2, 0.25) is 5.88 Å². The van der Waals surface area contributed by atoms with Crippen LogP contribution >= 0.6 is 0 Å². The first-order valence-corrected chi connectivity index (χ1v) is 9.45. The Labute approximate surface area is 164 Å². The molecule has 0 radical (unpaired) electrons. The van der Waals surface area contributed by atoms with Crippen LogP contribution in [0.4, 0.5) is 0 Å². The number of carbonyl (C=O) groups is 1. The first-order valence-electron chi connectivity index (χ1n) is 9.45. The smallest absolute Gasteiger partial charge is 0.274 e. The van der Waals surface area contributed by atoms with E-state index in [9.17, 15) is 4.79 Å². The second-order valence-electron chi connectivity index (χ2n) is 7.08. The van der Waals surface area contributed by atoms with Gasteiger partial charge >= 0.3 is 0 Å². The number of hydrogen-bond donors (Lipinski definition) is 0. The number of rotatable bonds is 4. The minimum atomic E-state index is -0.0458. The quantitative estimate of drug-likeness (QED) is 0.697. The summed E-state index contributed by atoms with van der Waals surface area (Å²) in [4.78, 5) is 23.6.